The summed E-state index contributed by atoms with van der Waals surface area (Å²) >= 11 is 0. The van der Waals surface area contributed by atoms with Gasteiger partial charge in [0, 0.05) is 36.1 Å². The van der Waals surface area contributed by atoms with Crippen LogP contribution in [-0.4, -0.2) is 40.4 Å². The number of carbonyl (C=O) groups excluding carboxylic acids is 3. The number of aromatic nitrogens is 1. The molecule has 0 bridgehead atoms. The average Bonchev–Trinajstić information content (AvgIpc) is 3.31. The molecule has 1 aromatic heterocycles. The quantitative estimate of drug-likeness (QED) is 0.313. The third-order valence-electron chi connectivity index (χ3n) is 6.89. The van der Waals surface area contributed by atoms with Crippen LogP contribution in [0.3, 0.4) is 0 Å². The Balaban J connectivity index is 1.35. The Kier molecular flexibility index (Phi) is 8.15. The molecular weight excluding hydrogens is 504 g/mol. The lowest BCUT2D eigenvalue weighted by molar-refractivity contribution is -0.126. The van der Waals surface area contributed by atoms with Crippen molar-refractivity contribution >= 4 is 23.6 Å². The summed E-state index contributed by atoms with van der Waals surface area (Å²) in [6.45, 7) is 2.58. The van der Waals surface area contributed by atoms with Crippen LogP contribution in [0.4, 0.5) is 10.5 Å². The zero-order valence-corrected chi connectivity index (χ0v) is 22.1. The lowest BCUT2D eigenvalue weighted by atomic mass is 9.99. The molecule has 8 heteroatoms. The van der Waals surface area contributed by atoms with E-state index in [-0.39, 0.29) is 18.4 Å². The molecular formula is C32H30N4O4. The highest BCUT2D eigenvalue weighted by Crippen LogP contribution is 2.35. The Labute approximate surface area is 233 Å². The van der Waals surface area contributed by atoms with Crippen LogP contribution in [0.1, 0.15) is 38.8 Å². The van der Waals surface area contributed by atoms with Gasteiger partial charge < -0.3 is 15.4 Å². The molecule has 202 valence electrons. The van der Waals surface area contributed by atoms with Crippen LogP contribution in [-0.2, 0) is 22.5 Å². The molecule has 3 aromatic carbocycles. The first-order chi connectivity index (χ1) is 19.5. The second-order valence-corrected chi connectivity index (χ2v) is 9.61. The molecule has 40 heavy (non-hydrogen) atoms. The van der Waals surface area contributed by atoms with Crippen molar-refractivity contribution in [3.63, 3.8) is 0 Å². The van der Waals surface area contributed by atoms with E-state index in [1.54, 1.807) is 54.7 Å². The van der Waals surface area contributed by atoms with Gasteiger partial charge in [0.1, 0.15) is 0 Å². The van der Waals surface area contributed by atoms with Crippen molar-refractivity contribution in [3.8, 4) is 0 Å². The molecule has 8 nitrogen and oxygen atoms in total. The molecule has 2 heterocycles. The van der Waals surface area contributed by atoms with Crippen molar-refractivity contribution in [3.05, 3.63) is 131 Å². The Hall–Kier alpha value is -4.98. The van der Waals surface area contributed by atoms with Crippen molar-refractivity contribution in [2.75, 3.05) is 11.9 Å². The molecule has 0 radical (unpaired) electrons. The number of hydrogen-bond acceptors (Lipinski definition) is 5. The molecule has 0 unspecified atom stereocenters. The maximum atomic E-state index is 13.6. The van der Waals surface area contributed by atoms with Crippen molar-refractivity contribution in [2.45, 2.75) is 32.0 Å². The largest absolute Gasteiger partial charge is 0.438 e. The maximum absolute atomic E-state index is 13.6. The molecule has 2 atom stereocenters. The van der Waals surface area contributed by atoms with Gasteiger partial charge in [-0.25, -0.2) is 4.79 Å². The predicted molar refractivity (Wildman–Crippen MR) is 152 cm³/mol. The Bertz CT molecular complexity index is 1480. The van der Waals surface area contributed by atoms with Crippen LogP contribution in [0, 0.1) is 6.92 Å². The van der Waals surface area contributed by atoms with Gasteiger partial charge in [0.15, 0.2) is 12.1 Å². The minimum atomic E-state index is -0.874. The number of aryl methyl sites for hydroxylation is 1. The van der Waals surface area contributed by atoms with Crippen LogP contribution in [0.5, 0.6) is 0 Å². The number of ether oxygens (including phenoxy) is 1. The summed E-state index contributed by atoms with van der Waals surface area (Å²) in [5.41, 5.74) is 4.61. The molecule has 1 fully saturated rings. The summed E-state index contributed by atoms with van der Waals surface area (Å²) in [6.07, 6.45) is 0.906. The first kappa shape index (κ1) is 26.6. The van der Waals surface area contributed by atoms with Crippen LogP contribution in [0.25, 0.3) is 0 Å². The standard InChI is InChI=1S/C32H30N4O4/c1-22-9-5-6-12-25(22)21-36-28(31(38)34-20-18-26-13-7-8-19-33-26)29(40-32(36)39)23-14-16-27(17-15-23)35-30(37)24-10-3-2-4-11-24/h2-17,19,28-29H,18,20-21H2,1H3,(H,34,38)(H,35,37)/t28-,29+/m1/s1. The number of cyclic esters (lactones) is 1. The fourth-order valence-corrected chi connectivity index (χ4v) is 4.69. The van der Waals surface area contributed by atoms with E-state index in [1.807, 2.05) is 55.5 Å². The van der Waals surface area contributed by atoms with Gasteiger partial charge in [-0.3, -0.25) is 19.5 Å². The lowest BCUT2D eigenvalue weighted by Gasteiger charge is -2.25. The SMILES string of the molecule is Cc1ccccc1CN1C(=O)O[C@@H](c2ccc(NC(=O)c3ccccc3)cc2)[C@@H]1C(=O)NCCc1ccccn1. The van der Waals surface area contributed by atoms with Crippen molar-refractivity contribution in [1.82, 2.24) is 15.2 Å². The van der Waals surface area contributed by atoms with Gasteiger partial charge in [0.05, 0.1) is 6.54 Å². The first-order valence-electron chi connectivity index (χ1n) is 13.2. The predicted octanol–water partition coefficient (Wildman–Crippen LogP) is 5.06. The number of hydrogen-bond donors (Lipinski definition) is 2. The van der Waals surface area contributed by atoms with Crippen molar-refractivity contribution in [2.24, 2.45) is 0 Å². The third kappa shape index (κ3) is 6.18. The second-order valence-electron chi connectivity index (χ2n) is 9.61. The number of nitrogens with one attached hydrogen (secondary N) is 2. The summed E-state index contributed by atoms with van der Waals surface area (Å²) < 4.78 is 5.79. The fourth-order valence-electron chi connectivity index (χ4n) is 4.69. The molecule has 4 aromatic rings. The van der Waals surface area contributed by atoms with Crippen LogP contribution < -0.4 is 10.6 Å². The number of carbonyl (C=O) groups is 3. The Morgan fingerprint density at radius 1 is 0.900 bits per heavy atom. The van der Waals surface area contributed by atoms with Crippen molar-refractivity contribution < 1.29 is 19.1 Å². The van der Waals surface area contributed by atoms with E-state index in [0.717, 1.165) is 16.8 Å². The van der Waals surface area contributed by atoms with Crippen molar-refractivity contribution in [1.29, 1.82) is 0 Å². The summed E-state index contributed by atoms with van der Waals surface area (Å²) in [5, 5.41) is 5.84. The van der Waals surface area contributed by atoms with E-state index in [1.165, 1.54) is 4.90 Å². The number of nitrogens with zero attached hydrogens (tertiary/aromatic N) is 2. The fraction of sp³-hybridized carbons (Fsp3) is 0.188. The van der Waals surface area contributed by atoms with E-state index in [2.05, 4.69) is 15.6 Å². The molecule has 0 aliphatic carbocycles. The summed E-state index contributed by atoms with van der Waals surface area (Å²) in [7, 11) is 0. The second kappa shape index (κ2) is 12.3. The molecule has 1 aliphatic rings. The van der Waals surface area contributed by atoms with Gasteiger partial charge in [0.25, 0.3) is 5.91 Å². The molecule has 1 saturated heterocycles. The zero-order valence-electron chi connectivity index (χ0n) is 22.1. The molecule has 0 saturated carbocycles. The minimum absolute atomic E-state index is 0.227. The van der Waals surface area contributed by atoms with Gasteiger partial charge in [-0.15, -0.1) is 0 Å². The lowest BCUT2D eigenvalue weighted by Crippen LogP contribution is -2.46. The van der Waals surface area contributed by atoms with Gasteiger partial charge in [-0.05, 0) is 60.0 Å². The van der Waals surface area contributed by atoms with Crippen LogP contribution in [0.15, 0.2) is 103 Å². The van der Waals surface area contributed by atoms with E-state index in [4.69, 9.17) is 4.74 Å². The first-order valence-corrected chi connectivity index (χ1v) is 13.2. The smallest absolute Gasteiger partial charge is 0.411 e. The maximum Gasteiger partial charge on any atom is 0.411 e. The average molecular weight is 535 g/mol. The highest BCUT2D eigenvalue weighted by molar-refractivity contribution is 6.04. The Morgan fingerprint density at radius 2 is 1.62 bits per heavy atom. The number of pyridine rings is 1. The van der Waals surface area contributed by atoms with E-state index in [9.17, 15) is 14.4 Å². The molecule has 3 amide bonds. The molecule has 1 aliphatic heterocycles. The molecule has 2 N–H and O–H groups in total. The van der Waals surface area contributed by atoms with Gasteiger partial charge in [-0.1, -0.05) is 60.7 Å². The number of amides is 3. The summed E-state index contributed by atoms with van der Waals surface area (Å²) in [5.74, 6) is -0.531. The zero-order chi connectivity index (χ0) is 27.9. The number of benzene rings is 3. The highest BCUT2D eigenvalue weighted by Gasteiger charge is 2.47. The molecule has 5 rings (SSSR count). The monoisotopic (exact) mass is 534 g/mol. The van der Waals surface area contributed by atoms with Crippen LogP contribution in [0.2, 0.25) is 0 Å². The Morgan fingerprint density at radius 3 is 2.35 bits per heavy atom. The highest BCUT2D eigenvalue weighted by atomic mass is 16.6. The third-order valence-corrected chi connectivity index (χ3v) is 6.89. The van der Waals surface area contributed by atoms with Crippen LogP contribution >= 0.6 is 0 Å². The van der Waals surface area contributed by atoms with E-state index in [0.29, 0.717) is 29.8 Å². The minimum Gasteiger partial charge on any atom is -0.438 e. The number of anilines is 1. The van der Waals surface area contributed by atoms with Gasteiger partial charge >= 0.3 is 6.09 Å². The topological polar surface area (TPSA) is 101 Å². The van der Waals surface area contributed by atoms with Gasteiger partial charge in [-0.2, -0.15) is 0 Å². The van der Waals surface area contributed by atoms with E-state index < -0.39 is 18.2 Å². The molecule has 0 spiro atoms. The summed E-state index contributed by atoms with van der Waals surface area (Å²) in [6, 6.07) is 28.5. The normalized spacial score (nSPS) is 16.3. The summed E-state index contributed by atoms with van der Waals surface area (Å²) in [4.78, 5) is 45.0. The number of rotatable bonds is 9. The van der Waals surface area contributed by atoms with Gasteiger partial charge in [0.2, 0.25) is 5.91 Å². The van der Waals surface area contributed by atoms with E-state index >= 15 is 0 Å².